The van der Waals surface area contributed by atoms with E-state index in [-0.39, 0.29) is 10.9 Å². The number of rotatable bonds is 5. The molecule has 0 amide bonds. The van der Waals surface area contributed by atoms with Gasteiger partial charge in [-0.15, -0.1) is 0 Å². The van der Waals surface area contributed by atoms with Crippen molar-refractivity contribution in [3.63, 3.8) is 0 Å². The molecular formula is C13H20ClN3O2S. The summed E-state index contributed by atoms with van der Waals surface area (Å²) in [5, 5.41) is 3.60. The van der Waals surface area contributed by atoms with E-state index in [1.165, 1.54) is 18.5 Å². The Morgan fingerprint density at radius 1 is 1.40 bits per heavy atom. The van der Waals surface area contributed by atoms with Gasteiger partial charge >= 0.3 is 0 Å². The number of nitrogens with zero attached hydrogens (tertiary/aromatic N) is 2. The first-order valence-electron chi connectivity index (χ1n) is 6.89. The van der Waals surface area contributed by atoms with Crippen LogP contribution < -0.4 is 5.32 Å². The van der Waals surface area contributed by atoms with Gasteiger partial charge in [0, 0.05) is 25.0 Å². The molecule has 0 spiro atoms. The van der Waals surface area contributed by atoms with E-state index < -0.39 is 10.0 Å². The minimum atomic E-state index is -3.53. The molecule has 7 heteroatoms. The zero-order valence-corrected chi connectivity index (χ0v) is 13.1. The summed E-state index contributed by atoms with van der Waals surface area (Å²) in [5.41, 5.74) is 0. The van der Waals surface area contributed by atoms with Gasteiger partial charge < -0.3 is 5.32 Å². The molecule has 1 aromatic rings. The van der Waals surface area contributed by atoms with Gasteiger partial charge in [-0.1, -0.05) is 18.5 Å². The minimum absolute atomic E-state index is 0.0557. The van der Waals surface area contributed by atoms with E-state index in [4.69, 9.17) is 11.6 Å². The maximum atomic E-state index is 12.8. The zero-order chi connectivity index (χ0) is 14.6. The van der Waals surface area contributed by atoms with Gasteiger partial charge in [0.25, 0.3) is 0 Å². The second-order valence-electron chi connectivity index (χ2n) is 4.94. The first-order valence-corrected chi connectivity index (χ1v) is 8.70. The van der Waals surface area contributed by atoms with Crippen LogP contribution in [0.4, 0.5) is 0 Å². The maximum absolute atomic E-state index is 12.8. The Kier molecular flexibility index (Phi) is 5.37. The van der Waals surface area contributed by atoms with Gasteiger partial charge in [-0.05, 0) is 38.4 Å². The molecule has 0 bridgehead atoms. The quantitative estimate of drug-likeness (QED) is 0.901. The Hall–Kier alpha value is -0.690. The highest BCUT2D eigenvalue weighted by Gasteiger charge is 2.31. The molecular weight excluding hydrogens is 298 g/mol. The number of sulfonamides is 1. The molecule has 1 saturated heterocycles. The van der Waals surface area contributed by atoms with Gasteiger partial charge in [-0.25, -0.2) is 8.42 Å². The van der Waals surface area contributed by atoms with Crippen molar-refractivity contribution in [2.45, 2.75) is 37.1 Å². The number of pyridine rings is 1. The van der Waals surface area contributed by atoms with Crippen LogP contribution in [0.5, 0.6) is 0 Å². The minimum Gasteiger partial charge on any atom is -0.317 e. The van der Waals surface area contributed by atoms with Crippen LogP contribution in [0.2, 0.25) is 5.02 Å². The molecule has 1 aromatic heterocycles. The monoisotopic (exact) mass is 317 g/mol. The van der Waals surface area contributed by atoms with E-state index in [0.717, 1.165) is 32.4 Å². The van der Waals surface area contributed by atoms with Gasteiger partial charge in [0.15, 0.2) is 0 Å². The van der Waals surface area contributed by atoms with Crippen LogP contribution in [0.15, 0.2) is 23.4 Å². The number of nitrogens with one attached hydrogen (secondary N) is 1. The molecule has 1 N–H and O–H groups in total. The number of piperidine rings is 1. The molecule has 1 aliphatic rings. The third-order valence-electron chi connectivity index (χ3n) is 3.45. The Morgan fingerprint density at radius 2 is 2.10 bits per heavy atom. The van der Waals surface area contributed by atoms with Crippen molar-refractivity contribution in [3.05, 3.63) is 23.5 Å². The number of hydrogen-bond donors (Lipinski definition) is 1. The lowest BCUT2D eigenvalue weighted by Gasteiger charge is -2.33. The number of halogens is 1. The van der Waals surface area contributed by atoms with Crippen LogP contribution in [0, 0.1) is 0 Å². The third kappa shape index (κ3) is 3.49. The van der Waals surface area contributed by atoms with Gasteiger partial charge in [-0.2, -0.15) is 4.31 Å². The van der Waals surface area contributed by atoms with Crippen LogP contribution in [0.25, 0.3) is 0 Å². The van der Waals surface area contributed by atoms with Crippen LogP contribution >= 0.6 is 11.6 Å². The first kappa shape index (κ1) is 15.7. The molecule has 5 nitrogen and oxygen atoms in total. The molecule has 0 aromatic carbocycles. The summed E-state index contributed by atoms with van der Waals surface area (Å²) in [5.74, 6) is 0. The van der Waals surface area contributed by atoms with Gasteiger partial charge in [0.1, 0.15) is 4.90 Å². The van der Waals surface area contributed by atoms with Gasteiger partial charge in [-0.3, -0.25) is 4.98 Å². The molecule has 0 saturated carbocycles. The lowest BCUT2D eigenvalue weighted by Crippen LogP contribution is -2.46. The number of aromatic nitrogens is 1. The molecule has 1 aliphatic heterocycles. The van der Waals surface area contributed by atoms with E-state index in [2.05, 4.69) is 10.3 Å². The fourth-order valence-corrected chi connectivity index (χ4v) is 4.49. The van der Waals surface area contributed by atoms with Crippen LogP contribution in [-0.4, -0.2) is 43.4 Å². The third-order valence-corrected chi connectivity index (χ3v) is 5.57. The molecule has 0 atom stereocenters. The molecule has 20 heavy (non-hydrogen) atoms. The van der Waals surface area contributed by atoms with Crippen molar-refractivity contribution in [2.75, 3.05) is 19.6 Å². The molecule has 2 rings (SSSR count). The highest BCUT2D eigenvalue weighted by Crippen LogP contribution is 2.24. The van der Waals surface area contributed by atoms with Crippen molar-refractivity contribution < 1.29 is 8.42 Å². The van der Waals surface area contributed by atoms with E-state index in [1.807, 2.05) is 6.92 Å². The van der Waals surface area contributed by atoms with Crippen molar-refractivity contribution in [3.8, 4) is 0 Å². The topological polar surface area (TPSA) is 62.3 Å². The molecule has 2 heterocycles. The van der Waals surface area contributed by atoms with Crippen molar-refractivity contribution in [2.24, 2.45) is 0 Å². The van der Waals surface area contributed by atoms with Gasteiger partial charge in [0.2, 0.25) is 10.0 Å². The van der Waals surface area contributed by atoms with E-state index in [0.29, 0.717) is 11.6 Å². The summed E-state index contributed by atoms with van der Waals surface area (Å²) in [6.07, 6.45) is 5.28. The smallest absolute Gasteiger partial charge is 0.244 e. The van der Waals surface area contributed by atoms with Crippen molar-refractivity contribution >= 4 is 21.6 Å². The Balaban J connectivity index is 2.31. The predicted octanol–water partition coefficient (Wildman–Crippen LogP) is 1.89. The summed E-state index contributed by atoms with van der Waals surface area (Å²) in [6, 6.07) is 1.52. The standard InChI is InChI=1S/C13H20ClN3O2S/c1-2-7-17(12-3-5-15-6-4-12)20(18,19)13-8-11(14)9-16-10-13/h8-10,12,15H,2-7H2,1H3. The first-order chi connectivity index (χ1) is 9.55. The highest BCUT2D eigenvalue weighted by atomic mass is 35.5. The van der Waals surface area contributed by atoms with Gasteiger partial charge in [0.05, 0.1) is 5.02 Å². The van der Waals surface area contributed by atoms with Crippen molar-refractivity contribution in [1.82, 2.24) is 14.6 Å². The van der Waals surface area contributed by atoms with Crippen molar-refractivity contribution in [1.29, 1.82) is 0 Å². The zero-order valence-electron chi connectivity index (χ0n) is 11.5. The average Bonchev–Trinajstić information content (AvgIpc) is 2.45. The molecule has 0 aliphatic carbocycles. The summed E-state index contributed by atoms with van der Waals surface area (Å²) >= 11 is 5.86. The average molecular weight is 318 g/mol. The Morgan fingerprint density at radius 3 is 2.70 bits per heavy atom. The summed E-state index contributed by atoms with van der Waals surface area (Å²) in [4.78, 5) is 4.07. The van der Waals surface area contributed by atoms with Crippen LogP contribution in [0.1, 0.15) is 26.2 Å². The predicted molar refractivity (Wildman–Crippen MR) is 79.3 cm³/mol. The summed E-state index contributed by atoms with van der Waals surface area (Å²) < 4.78 is 27.2. The molecule has 1 fully saturated rings. The molecule has 112 valence electrons. The lowest BCUT2D eigenvalue weighted by atomic mass is 10.1. The van der Waals surface area contributed by atoms with Crippen LogP contribution in [0.3, 0.4) is 0 Å². The fourth-order valence-electron chi connectivity index (χ4n) is 2.48. The maximum Gasteiger partial charge on any atom is 0.244 e. The second kappa shape index (κ2) is 6.85. The molecule has 0 radical (unpaired) electrons. The SMILES string of the molecule is CCCN(C1CCNCC1)S(=O)(=O)c1cncc(Cl)c1. The Bertz CT molecular complexity index is 544. The highest BCUT2D eigenvalue weighted by molar-refractivity contribution is 7.89. The largest absolute Gasteiger partial charge is 0.317 e. The number of hydrogen-bond acceptors (Lipinski definition) is 4. The van der Waals surface area contributed by atoms with E-state index in [9.17, 15) is 8.42 Å². The lowest BCUT2D eigenvalue weighted by molar-refractivity contribution is 0.262. The van der Waals surface area contributed by atoms with E-state index >= 15 is 0 Å². The van der Waals surface area contributed by atoms with E-state index in [1.54, 1.807) is 4.31 Å². The summed E-state index contributed by atoms with van der Waals surface area (Å²) in [6.45, 7) is 4.22. The summed E-state index contributed by atoms with van der Waals surface area (Å²) in [7, 11) is -3.53. The Labute approximate surface area is 125 Å². The normalized spacial score (nSPS) is 17.6. The fraction of sp³-hybridized carbons (Fsp3) is 0.615. The molecule has 0 unspecified atom stereocenters. The van der Waals surface area contributed by atoms with Crippen LogP contribution in [-0.2, 0) is 10.0 Å². The second-order valence-corrected chi connectivity index (χ2v) is 7.26.